The van der Waals surface area contributed by atoms with Crippen molar-refractivity contribution in [1.82, 2.24) is 10.6 Å². The predicted molar refractivity (Wildman–Crippen MR) is 49.5 cm³/mol. The molecular weight excluding hydrogens is 168 g/mol. The average molecular weight is 185 g/mol. The molecule has 4 nitrogen and oxygen atoms in total. The highest BCUT2D eigenvalue weighted by atomic mass is 16.5. The Hall–Kier alpha value is -0.610. The first kappa shape index (κ1) is 10.5. The van der Waals surface area contributed by atoms with E-state index in [1.165, 1.54) is 0 Å². The van der Waals surface area contributed by atoms with Crippen molar-refractivity contribution in [1.29, 1.82) is 0 Å². The second kappa shape index (κ2) is 5.94. The molecule has 13 heavy (non-hydrogen) atoms. The molecule has 1 atom stereocenters. The third-order valence-corrected chi connectivity index (χ3v) is 1.99. The normalized spacial score (nSPS) is 23.6. The molecule has 1 unspecified atom stereocenters. The van der Waals surface area contributed by atoms with E-state index in [4.69, 9.17) is 4.74 Å². The highest BCUT2D eigenvalue weighted by molar-refractivity contribution is 5.70. The molecule has 0 amide bonds. The fraction of sp³-hybridized carbons (Fsp3) is 0.889. The molecule has 1 rings (SSSR count). The lowest BCUT2D eigenvalue weighted by Gasteiger charge is -2.13. The van der Waals surface area contributed by atoms with E-state index < -0.39 is 0 Å². The number of hydrogen-bond donors (Lipinski definition) is 1. The number of ether oxygens (including phenoxy) is 1. The molecule has 1 fully saturated rings. The monoisotopic (exact) mass is 185 g/mol. The number of esters is 1. The summed E-state index contributed by atoms with van der Waals surface area (Å²) in [5, 5.41) is 7.57. The fourth-order valence-electron chi connectivity index (χ4n) is 1.37. The van der Waals surface area contributed by atoms with Gasteiger partial charge < -0.3 is 10.1 Å². The third kappa shape index (κ3) is 4.24. The van der Waals surface area contributed by atoms with E-state index in [9.17, 15) is 4.79 Å². The average Bonchev–Trinajstić information content (AvgIpc) is 2.33. The second-order valence-corrected chi connectivity index (χ2v) is 3.14. The van der Waals surface area contributed by atoms with Crippen molar-refractivity contribution in [2.45, 2.75) is 25.8 Å². The van der Waals surface area contributed by atoms with Gasteiger partial charge in [-0.3, -0.25) is 4.79 Å². The van der Waals surface area contributed by atoms with E-state index in [0.29, 0.717) is 13.0 Å². The summed E-state index contributed by atoms with van der Waals surface area (Å²) in [7, 11) is 0. The van der Waals surface area contributed by atoms with E-state index in [-0.39, 0.29) is 12.0 Å². The number of rotatable bonds is 3. The van der Waals surface area contributed by atoms with Gasteiger partial charge in [-0.05, 0) is 19.9 Å². The van der Waals surface area contributed by atoms with Gasteiger partial charge in [0.2, 0.25) is 0 Å². The van der Waals surface area contributed by atoms with E-state index in [1.807, 2.05) is 6.92 Å². The van der Waals surface area contributed by atoms with Crippen LogP contribution in [0.25, 0.3) is 0 Å². The molecule has 0 aliphatic carbocycles. The molecule has 0 aromatic carbocycles. The molecule has 0 spiro atoms. The molecular formula is C9H17N2O2. The minimum absolute atomic E-state index is 0.128. The molecule has 4 heteroatoms. The highest BCUT2D eigenvalue weighted by Gasteiger charge is 2.15. The van der Waals surface area contributed by atoms with Crippen LogP contribution in [-0.2, 0) is 9.53 Å². The topological polar surface area (TPSA) is 52.4 Å². The van der Waals surface area contributed by atoms with Gasteiger partial charge in [-0.2, -0.15) is 0 Å². The highest BCUT2D eigenvalue weighted by Crippen LogP contribution is 1.98. The number of nitrogens with one attached hydrogen (secondary N) is 1. The van der Waals surface area contributed by atoms with Gasteiger partial charge in [0.25, 0.3) is 0 Å². The molecule has 1 heterocycles. The molecule has 0 aromatic rings. The van der Waals surface area contributed by atoms with Crippen molar-refractivity contribution in [2.75, 3.05) is 26.2 Å². The quantitative estimate of drug-likeness (QED) is 0.625. The summed E-state index contributed by atoms with van der Waals surface area (Å²) in [5.74, 6) is -0.128. The molecule has 75 valence electrons. The van der Waals surface area contributed by atoms with Gasteiger partial charge in [-0.1, -0.05) is 0 Å². The lowest BCUT2D eigenvalue weighted by molar-refractivity contribution is -0.143. The summed E-state index contributed by atoms with van der Waals surface area (Å²) in [6, 6.07) is 0.182. The zero-order chi connectivity index (χ0) is 9.52. The summed E-state index contributed by atoms with van der Waals surface area (Å²) in [6.07, 6.45) is 1.51. The fourth-order valence-corrected chi connectivity index (χ4v) is 1.37. The maximum absolute atomic E-state index is 11.1. The minimum Gasteiger partial charge on any atom is -0.466 e. The molecule has 0 aromatic heterocycles. The Kier molecular flexibility index (Phi) is 4.78. The number of hydrogen-bond acceptors (Lipinski definition) is 3. The van der Waals surface area contributed by atoms with Crippen LogP contribution < -0.4 is 10.6 Å². The van der Waals surface area contributed by atoms with E-state index in [0.717, 1.165) is 26.1 Å². The number of nitrogens with zero attached hydrogens (tertiary/aromatic N) is 1. The lowest BCUT2D eigenvalue weighted by Crippen LogP contribution is -2.35. The Morgan fingerprint density at radius 1 is 1.69 bits per heavy atom. The molecule has 1 N–H and O–H groups in total. The van der Waals surface area contributed by atoms with Crippen molar-refractivity contribution in [3.63, 3.8) is 0 Å². The smallest absolute Gasteiger partial charge is 0.307 e. The van der Waals surface area contributed by atoms with Gasteiger partial charge in [-0.15, -0.1) is 0 Å². The molecule has 0 bridgehead atoms. The maximum atomic E-state index is 11.1. The summed E-state index contributed by atoms with van der Waals surface area (Å²) < 4.78 is 4.86. The van der Waals surface area contributed by atoms with Gasteiger partial charge in [0.1, 0.15) is 0 Å². The lowest BCUT2D eigenvalue weighted by atomic mass is 10.2. The first-order chi connectivity index (χ1) is 6.33. The Morgan fingerprint density at radius 2 is 2.54 bits per heavy atom. The minimum atomic E-state index is -0.128. The summed E-state index contributed by atoms with van der Waals surface area (Å²) in [4.78, 5) is 11.1. The van der Waals surface area contributed by atoms with Gasteiger partial charge >= 0.3 is 5.97 Å². The Morgan fingerprint density at radius 3 is 3.31 bits per heavy atom. The van der Waals surface area contributed by atoms with Crippen molar-refractivity contribution < 1.29 is 9.53 Å². The van der Waals surface area contributed by atoms with Gasteiger partial charge in [0, 0.05) is 19.1 Å². The van der Waals surface area contributed by atoms with Crippen LogP contribution in [0.1, 0.15) is 19.8 Å². The Balaban J connectivity index is 2.21. The first-order valence-corrected chi connectivity index (χ1v) is 4.85. The summed E-state index contributed by atoms with van der Waals surface area (Å²) in [5.41, 5.74) is 0. The zero-order valence-electron chi connectivity index (χ0n) is 8.08. The number of carbonyl (C=O) groups excluding carboxylic acids is 1. The molecule has 1 aliphatic rings. The van der Waals surface area contributed by atoms with Crippen LogP contribution >= 0.6 is 0 Å². The Bertz CT molecular complexity index is 154. The van der Waals surface area contributed by atoms with Crippen LogP contribution in [0.3, 0.4) is 0 Å². The van der Waals surface area contributed by atoms with Gasteiger partial charge in [0.05, 0.1) is 13.0 Å². The van der Waals surface area contributed by atoms with Crippen LogP contribution in [0.2, 0.25) is 0 Å². The first-order valence-electron chi connectivity index (χ1n) is 4.85. The van der Waals surface area contributed by atoms with Crippen molar-refractivity contribution in [3.8, 4) is 0 Å². The van der Waals surface area contributed by atoms with Gasteiger partial charge in [0.15, 0.2) is 0 Å². The standard InChI is InChI=1S/C9H17N2O2/c1-2-13-9(12)6-8-7-10-4-3-5-11-8/h8,11H,2-7H2,1H3. The van der Waals surface area contributed by atoms with Crippen LogP contribution in [-0.4, -0.2) is 38.3 Å². The molecule has 1 aliphatic heterocycles. The zero-order valence-corrected chi connectivity index (χ0v) is 8.08. The third-order valence-electron chi connectivity index (χ3n) is 1.99. The van der Waals surface area contributed by atoms with E-state index in [1.54, 1.807) is 0 Å². The molecule has 1 radical (unpaired) electrons. The van der Waals surface area contributed by atoms with Crippen molar-refractivity contribution in [2.24, 2.45) is 0 Å². The van der Waals surface area contributed by atoms with E-state index >= 15 is 0 Å². The van der Waals surface area contributed by atoms with Crippen LogP contribution in [0.15, 0.2) is 0 Å². The predicted octanol–water partition coefficient (Wildman–Crippen LogP) is -0.0941. The maximum Gasteiger partial charge on any atom is 0.307 e. The Labute approximate surface area is 79.0 Å². The van der Waals surface area contributed by atoms with Crippen molar-refractivity contribution >= 4 is 5.97 Å². The van der Waals surface area contributed by atoms with E-state index in [2.05, 4.69) is 10.6 Å². The van der Waals surface area contributed by atoms with Crippen LogP contribution in [0.4, 0.5) is 0 Å². The SMILES string of the molecule is CCOC(=O)CC1C[N]CCCN1. The number of carbonyl (C=O) groups is 1. The van der Waals surface area contributed by atoms with Gasteiger partial charge in [-0.25, -0.2) is 5.32 Å². The summed E-state index contributed by atoms with van der Waals surface area (Å²) in [6.45, 7) is 4.88. The summed E-state index contributed by atoms with van der Waals surface area (Å²) >= 11 is 0. The van der Waals surface area contributed by atoms with Crippen molar-refractivity contribution in [3.05, 3.63) is 0 Å². The molecule has 1 saturated heterocycles. The largest absolute Gasteiger partial charge is 0.466 e. The van der Waals surface area contributed by atoms with Crippen LogP contribution in [0, 0.1) is 0 Å². The second-order valence-electron chi connectivity index (χ2n) is 3.14. The molecule has 0 saturated carbocycles. The van der Waals surface area contributed by atoms with Crippen LogP contribution in [0.5, 0.6) is 0 Å².